The van der Waals surface area contributed by atoms with Crippen LogP contribution < -0.4 is 10.5 Å². The third-order valence-corrected chi connectivity index (χ3v) is 8.64. The van der Waals surface area contributed by atoms with E-state index in [1.54, 1.807) is 6.20 Å². The lowest BCUT2D eigenvalue weighted by Gasteiger charge is -2.40. The normalized spacial score (nSPS) is 17.6. The Labute approximate surface area is 233 Å². The van der Waals surface area contributed by atoms with Crippen molar-refractivity contribution in [1.82, 2.24) is 9.88 Å². The minimum absolute atomic E-state index is 0.0947. The Kier molecular flexibility index (Phi) is 6.66. The van der Waals surface area contributed by atoms with Gasteiger partial charge in [-0.05, 0) is 71.2 Å². The van der Waals surface area contributed by atoms with E-state index in [1.165, 1.54) is 5.56 Å². The summed E-state index contributed by atoms with van der Waals surface area (Å²) in [5.74, 6) is 0.416. The van der Waals surface area contributed by atoms with Crippen LogP contribution in [0.1, 0.15) is 55.4 Å². The molecule has 1 spiro atoms. The van der Waals surface area contributed by atoms with Crippen LogP contribution in [0.5, 0.6) is 5.75 Å². The number of hydrogen-bond acceptors (Lipinski definition) is 5. The van der Waals surface area contributed by atoms with Crippen molar-refractivity contribution in [2.45, 2.75) is 50.5 Å². The number of carboxylic acids is 1. The molecule has 7 heteroatoms. The Balaban J connectivity index is 1.40. The number of fused-ring (bicyclic) bond motifs is 3. The molecular formula is C33H33N3O4. The van der Waals surface area contributed by atoms with Crippen LogP contribution in [-0.2, 0) is 21.4 Å². The second-order valence-corrected chi connectivity index (χ2v) is 10.9. The maximum absolute atomic E-state index is 12.4. The number of rotatable bonds is 6. The molecule has 1 aromatic heterocycles. The fourth-order valence-corrected chi connectivity index (χ4v) is 6.50. The summed E-state index contributed by atoms with van der Waals surface area (Å²) in [6.45, 7) is 3.37. The molecule has 2 aliphatic rings. The molecule has 1 unspecified atom stereocenters. The van der Waals surface area contributed by atoms with Crippen LogP contribution in [0.15, 0.2) is 72.9 Å². The van der Waals surface area contributed by atoms with E-state index in [0.29, 0.717) is 23.6 Å². The maximum atomic E-state index is 12.4. The number of anilines is 1. The zero-order valence-electron chi connectivity index (χ0n) is 22.6. The number of pyridine rings is 1. The van der Waals surface area contributed by atoms with Crippen molar-refractivity contribution in [3.63, 3.8) is 0 Å². The van der Waals surface area contributed by atoms with Crippen LogP contribution in [-0.4, -0.2) is 40.0 Å². The largest absolute Gasteiger partial charge is 0.485 e. The number of likely N-dealkylation sites (tertiary alicyclic amines) is 1. The minimum atomic E-state index is -0.889. The summed E-state index contributed by atoms with van der Waals surface area (Å²) in [5.41, 5.74) is 11.2. The number of carbonyl (C=O) groups excluding carboxylic acids is 1. The Bertz CT molecular complexity index is 1610. The van der Waals surface area contributed by atoms with Crippen LogP contribution >= 0.6 is 0 Å². The van der Waals surface area contributed by atoms with Crippen LogP contribution in [0.25, 0.3) is 21.9 Å². The summed E-state index contributed by atoms with van der Waals surface area (Å²) in [6, 6.07) is 22.2. The number of para-hydroxylation sites is 1. The first-order valence-electron chi connectivity index (χ1n) is 13.9. The van der Waals surface area contributed by atoms with E-state index in [9.17, 15) is 14.7 Å². The van der Waals surface area contributed by atoms with Gasteiger partial charge < -0.3 is 20.5 Å². The van der Waals surface area contributed by atoms with Gasteiger partial charge >= 0.3 is 5.97 Å². The molecular weight excluding hydrogens is 502 g/mol. The van der Waals surface area contributed by atoms with E-state index in [-0.39, 0.29) is 23.8 Å². The van der Waals surface area contributed by atoms with Gasteiger partial charge in [0, 0.05) is 42.1 Å². The number of hydrogen-bond donors (Lipinski definition) is 2. The number of ether oxygens (including phenoxy) is 1. The lowest BCUT2D eigenvalue weighted by molar-refractivity contribution is -0.136. The average molecular weight is 536 g/mol. The highest BCUT2D eigenvalue weighted by atomic mass is 16.5. The average Bonchev–Trinajstić information content (AvgIpc) is 3.25. The first-order valence-corrected chi connectivity index (χ1v) is 13.9. The van der Waals surface area contributed by atoms with Crippen molar-refractivity contribution in [3.8, 4) is 16.9 Å². The number of amides is 1. The van der Waals surface area contributed by atoms with Gasteiger partial charge in [0.2, 0.25) is 5.91 Å². The van der Waals surface area contributed by atoms with Crippen molar-refractivity contribution >= 4 is 28.5 Å². The fourth-order valence-electron chi connectivity index (χ4n) is 6.50. The maximum Gasteiger partial charge on any atom is 0.307 e. The fraction of sp³-hybridized carbons (Fsp3) is 0.303. The molecule has 1 amide bonds. The third kappa shape index (κ3) is 4.66. The highest BCUT2D eigenvalue weighted by molar-refractivity contribution is 5.94. The van der Waals surface area contributed by atoms with Gasteiger partial charge in [0.15, 0.2) is 0 Å². The molecule has 4 aromatic rings. The molecule has 3 aromatic carbocycles. The smallest absolute Gasteiger partial charge is 0.307 e. The molecule has 0 saturated carbocycles. The van der Waals surface area contributed by atoms with Gasteiger partial charge in [0.05, 0.1) is 6.42 Å². The molecule has 1 saturated heterocycles. The molecule has 3 N–H and O–H groups in total. The van der Waals surface area contributed by atoms with Crippen LogP contribution in [0.2, 0.25) is 0 Å². The Morgan fingerprint density at radius 3 is 2.58 bits per heavy atom. The summed E-state index contributed by atoms with van der Waals surface area (Å²) in [7, 11) is 0. The molecule has 0 bridgehead atoms. The molecule has 7 nitrogen and oxygen atoms in total. The SMILES string of the molecule is CCC(=O)N1CCC2(CC1)CC(Oc1ccccc1CC(=O)O)c1cc(-c3ccc4ccnc(N)c4c3)ccc12. The standard InChI is InChI=1S/C33H33N3O4/c1-2-30(37)36-15-12-33(13-16-36)20-29(40-28-6-4-3-5-24(28)19-31(38)39)26-18-23(9-10-27(26)33)22-8-7-21-11-14-35-32(34)25(21)17-22/h3-11,14,17-18,29H,2,12-13,15-16,19-20H2,1H3,(H2,34,35)(H,38,39). The Morgan fingerprint density at radius 1 is 1.05 bits per heavy atom. The zero-order chi connectivity index (χ0) is 27.9. The summed E-state index contributed by atoms with van der Waals surface area (Å²) < 4.78 is 6.66. The first kappa shape index (κ1) is 25.9. The zero-order valence-corrected chi connectivity index (χ0v) is 22.6. The molecule has 1 aliphatic carbocycles. The second kappa shape index (κ2) is 10.3. The van der Waals surface area contributed by atoms with Crippen LogP contribution in [0, 0.1) is 0 Å². The quantitative estimate of drug-likeness (QED) is 0.318. The molecule has 0 radical (unpaired) electrons. The van der Waals surface area contributed by atoms with E-state index in [4.69, 9.17) is 10.5 Å². The van der Waals surface area contributed by atoms with E-state index < -0.39 is 5.97 Å². The number of nitrogens with two attached hydrogens (primary N) is 1. The Hall–Kier alpha value is -4.39. The molecule has 1 atom stereocenters. The van der Waals surface area contributed by atoms with E-state index >= 15 is 0 Å². The van der Waals surface area contributed by atoms with Crippen molar-refractivity contribution in [1.29, 1.82) is 0 Å². The number of nitrogens with zero attached hydrogens (tertiary/aromatic N) is 2. The summed E-state index contributed by atoms with van der Waals surface area (Å²) in [4.78, 5) is 30.2. The lowest BCUT2D eigenvalue weighted by atomic mass is 9.73. The van der Waals surface area contributed by atoms with Crippen molar-refractivity contribution in [3.05, 3.63) is 89.6 Å². The van der Waals surface area contributed by atoms with Crippen molar-refractivity contribution in [2.24, 2.45) is 0 Å². The minimum Gasteiger partial charge on any atom is -0.485 e. The van der Waals surface area contributed by atoms with Gasteiger partial charge in [-0.15, -0.1) is 0 Å². The highest BCUT2D eigenvalue weighted by Gasteiger charge is 2.47. The monoisotopic (exact) mass is 535 g/mol. The summed E-state index contributed by atoms with van der Waals surface area (Å²) in [5, 5.41) is 11.4. The third-order valence-electron chi connectivity index (χ3n) is 8.64. The number of benzene rings is 3. The van der Waals surface area contributed by atoms with Gasteiger partial charge in [0.1, 0.15) is 17.7 Å². The number of carboxylic acid groups (broad SMARTS) is 1. The van der Waals surface area contributed by atoms with Gasteiger partial charge in [-0.2, -0.15) is 0 Å². The second-order valence-electron chi connectivity index (χ2n) is 10.9. The molecule has 204 valence electrons. The van der Waals surface area contributed by atoms with Gasteiger partial charge in [-0.3, -0.25) is 9.59 Å². The molecule has 6 rings (SSSR count). The van der Waals surface area contributed by atoms with Crippen molar-refractivity contribution in [2.75, 3.05) is 18.8 Å². The van der Waals surface area contributed by atoms with E-state index in [0.717, 1.165) is 59.8 Å². The summed E-state index contributed by atoms with van der Waals surface area (Å²) >= 11 is 0. The van der Waals surface area contributed by atoms with E-state index in [1.807, 2.05) is 42.2 Å². The van der Waals surface area contributed by atoms with Gasteiger partial charge in [0.25, 0.3) is 0 Å². The highest BCUT2D eigenvalue weighted by Crippen LogP contribution is 2.53. The predicted molar refractivity (Wildman–Crippen MR) is 155 cm³/mol. The summed E-state index contributed by atoms with van der Waals surface area (Å²) in [6.07, 6.45) is 4.45. The molecule has 1 aliphatic heterocycles. The number of aromatic nitrogens is 1. The first-order chi connectivity index (χ1) is 19.4. The van der Waals surface area contributed by atoms with Crippen LogP contribution in [0.3, 0.4) is 0 Å². The van der Waals surface area contributed by atoms with E-state index in [2.05, 4.69) is 41.4 Å². The lowest BCUT2D eigenvalue weighted by Crippen LogP contribution is -2.44. The number of piperidine rings is 1. The Morgan fingerprint density at radius 2 is 1.80 bits per heavy atom. The van der Waals surface area contributed by atoms with Crippen molar-refractivity contribution < 1.29 is 19.4 Å². The number of carbonyl (C=O) groups is 2. The molecule has 2 heterocycles. The molecule has 40 heavy (non-hydrogen) atoms. The predicted octanol–water partition coefficient (Wildman–Crippen LogP) is 5.91. The van der Waals surface area contributed by atoms with Gasteiger partial charge in [-0.25, -0.2) is 4.98 Å². The topological polar surface area (TPSA) is 106 Å². The number of nitrogen functional groups attached to an aromatic ring is 1. The van der Waals surface area contributed by atoms with Gasteiger partial charge in [-0.1, -0.05) is 49.4 Å². The molecule has 1 fully saturated rings. The van der Waals surface area contributed by atoms with Crippen LogP contribution in [0.4, 0.5) is 5.82 Å². The number of aliphatic carboxylic acids is 1.